The number of benzene rings is 1. The summed E-state index contributed by atoms with van der Waals surface area (Å²) in [6.45, 7) is 0.677. The standard InChI is InChI=1S/C18H20Cl2FN5O2/c19-11-5-14-15(6-12(11)20)25-16(7-24-14)17(27)23-4-2-1-3-13(22)18(28)26-8-10(21)9-26/h5-7,10,13H,1-4,8-9,22H2,(H,23,27)/t13-/m0/s1. The van der Waals surface area contributed by atoms with Gasteiger partial charge in [0, 0.05) is 6.54 Å². The van der Waals surface area contributed by atoms with Gasteiger partial charge in [-0.25, -0.2) is 9.37 Å². The molecule has 1 aliphatic rings. The minimum absolute atomic E-state index is 0.132. The van der Waals surface area contributed by atoms with E-state index < -0.39 is 12.2 Å². The number of nitrogens with one attached hydrogen (secondary N) is 1. The molecular formula is C18H20Cl2FN5O2. The summed E-state index contributed by atoms with van der Waals surface area (Å²) in [5.41, 5.74) is 7.05. The molecule has 1 atom stereocenters. The lowest BCUT2D eigenvalue weighted by Gasteiger charge is -2.36. The Labute approximate surface area is 171 Å². The first-order valence-corrected chi connectivity index (χ1v) is 9.69. The Hall–Kier alpha value is -2.03. The molecule has 1 aromatic carbocycles. The number of amides is 2. The highest BCUT2D eigenvalue weighted by atomic mass is 35.5. The maximum atomic E-state index is 12.8. The number of unbranched alkanes of at least 4 members (excludes halogenated alkanes) is 1. The van der Waals surface area contributed by atoms with Crippen molar-refractivity contribution in [3.63, 3.8) is 0 Å². The molecule has 1 fully saturated rings. The van der Waals surface area contributed by atoms with E-state index in [9.17, 15) is 14.0 Å². The van der Waals surface area contributed by atoms with Gasteiger partial charge in [0.25, 0.3) is 5.91 Å². The number of hydrogen-bond acceptors (Lipinski definition) is 5. The summed E-state index contributed by atoms with van der Waals surface area (Å²) < 4.78 is 12.8. The van der Waals surface area contributed by atoms with Crippen LogP contribution in [0.3, 0.4) is 0 Å². The number of hydrogen-bond donors (Lipinski definition) is 2. The molecule has 28 heavy (non-hydrogen) atoms. The summed E-state index contributed by atoms with van der Waals surface area (Å²) in [7, 11) is 0. The number of aromatic nitrogens is 2. The zero-order valence-electron chi connectivity index (χ0n) is 15.0. The number of carbonyl (C=O) groups excluding carboxylic acids is 2. The van der Waals surface area contributed by atoms with Gasteiger partial charge in [0.15, 0.2) is 0 Å². The van der Waals surface area contributed by atoms with Crippen LogP contribution in [0.5, 0.6) is 0 Å². The fraction of sp³-hybridized carbons (Fsp3) is 0.444. The Balaban J connectivity index is 1.42. The monoisotopic (exact) mass is 427 g/mol. The maximum Gasteiger partial charge on any atom is 0.271 e. The third-order valence-corrected chi connectivity index (χ3v) is 5.23. The third kappa shape index (κ3) is 4.87. The van der Waals surface area contributed by atoms with Crippen molar-refractivity contribution in [2.45, 2.75) is 31.5 Å². The largest absolute Gasteiger partial charge is 0.351 e. The van der Waals surface area contributed by atoms with Gasteiger partial charge in [-0.05, 0) is 31.4 Å². The molecule has 0 saturated carbocycles. The second kappa shape index (κ2) is 8.98. The number of nitrogens with zero attached hydrogens (tertiary/aromatic N) is 3. The Morgan fingerprint density at radius 1 is 1.25 bits per heavy atom. The van der Waals surface area contributed by atoms with Crippen molar-refractivity contribution in [3.8, 4) is 0 Å². The first-order valence-electron chi connectivity index (χ1n) is 8.93. The molecule has 1 aromatic heterocycles. The average Bonchev–Trinajstić information content (AvgIpc) is 2.64. The number of halogens is 3. The number of alkyl halides is 1. The summed E-state index contributed by atoms with van der Waals surface area (Å²) in [6, 6.07) is 2.52. The van der Waals surface area contributed by atoms with Gasteiger partial charge in [-0.3, -0.25) is 14.6 Å². The zero-order chi connectivity index (χ0) is 20.3. The van der Waals surface area contributed by atoms with E-state index >= 15 is 0 Å². The van der Waals surface area contributed by atoms with Crippen LogP contribution < -0.4 is 11.1 Å². The van der Waals surface area contributed by atoms with E-state index in [1.165, 1.54) is 11.1 Å². The van der Waals surface area contributed by atoms with Crippen LogP contribution in [0.2, 0.25) is 10.0 Å². The SMILES string of the molecule is N[C@@H](CCCCNC(=O)c1cnc2cc(Cl)c(Cl)cc2n1)C(=O)N1CC(F)C1. The predicted molar refractivity (Wildman–Crippen MR) is 105 cm³/mol. The molecule has 1 saturated heterocycles. The number of carbonyl (C=O) groups is 2. The van der Waals surface area contributed by atoms with E-state index in [-0.39, 0.29) is 30.6 Å². The maximum absolute atomic E-state index is 12.8. The molecule has 3 rings (SSSR count). The summed E-state index contributed by atoms with van der Waals surface area (Å²) in [6.07, 6.45) is 2.25. The van der Waals surface area contributed by atoms with E-state index in [4.69, 9.17) is 28.9 Å². The van der Waals surface area contributed by atoms with Crippen LogP contribution in [0.15, 0.2) is 18.3 Å². The molecule has 150 valence electrons. The number of fused-ring (bicyclic) bond motifs is 1. The quantitative estimate of drug-likeness (QED) is 0.660. The number of likely N-dealkylation sites (tertiary alicyclic amines) is 1. The van der Waals surface area contributed by atoms with Gasteiger partial charge in [-0.2, -0.15) is 0 Å². The minimum atomic E-state index is -0.933. The van der Waals surface area contributed by atoms with Crippen molar-refractivity contribution in [1.82, 2.24) is 20.2 Å². The smallest absolute Gasteiger partial charge is 0.271 e. The van der Waals surface area contributed by atoms with Gasteiger partial charge in [-0.1, -0.05) is 23.2 Å². The van der Waals surface area contributed by atoms with Crippen molar-refractivity contribution in [3.05, 3.63) is 34.1 Å². The minimum Gasteiger partial charge on any atom is -0.351 e. The first-order chi connectivity index (χ1) is 13.3. The molecule has 7 nitrogen and oxygen atoms in total. The van der Waals surface area contributed by atoms with E-state index in [0.717, 1.165) is 0 Å². The van der Waals surface area contributed by atoms with Crippen LogP contribution in [-0.4, -0.2) is 58.5 Å². The highest BCUT2D eigenvalue weighted by molar-refractivity contribution is 6.42. The molecule has 10 heteroatoms. The molecule has 0 bridgehead atoms. The van der Waals surface area contributed by atoms with Gasteiger partial charge in [0.1, 0.15) is 11.9 Å². The molecule has 0 spiro atoms. The lowest BCUT2D eigenvalue weighted by Crippen LogP contribution is -2.56. The van der Waals surface area contributed by atoms with Crippen molar-refractivity contribution < 1.29 is 14.0 Å². The van der Waals surface area contributed by atoms with Crippen molar-refractivity contribution >= 4 is 46.0 Å². The molecule has 1 aliphatic heterocycles. The van der Waals surface area contributed by atoms with Crippen LogP contribution in [-0.2, 0) is 4.79 Å². The second-order valence-corrected chi connectivity index (χ2v) is 7.52. The third-order valence-electron chi connectivity index (χ3n) is 4.51. The van der Waals surface area contributed by atoms with Gasteiger partial charge < -0.3 is 16.0 Å². The lowest BCUT2D eigenvalue weighted by molar-refractivity contribution is -0.139. The van der Waals surface area contributed by atoms with Gasteiger partial charge in [-0.15, -0.1) is 0 Å². The Bertz CT molecular complexity index is 892. The molecular weight excluding hydrogens is 408 g/mol. The average molecular weight is 428 g/mol. The highest BCUT2D eigenvalue weighted by Gasteiger charge is 2.32. The number of rotatable bonds is 7. The van der Waals surface area contributed by atoms with Crippen LogP contribution in [0.1, 0.15) is 29.8 Å². The molecule has 2 aromatic rings. The van der Waals surface area contributed by atoms with Gasteiger partial charge >= 0.3 is 0 Å². The van der Waals surface area contributed by atoms with E-state index in [1.807, 2.05) is 0 Å². The van der Waals surface area contributed by atoms with Gasteiger partial charge in [0.2, 0.25) is 5.91 Å². The fourth-order valence-electron chi connectivity index (χ4n) is 2.86. The highest BCUT2D eigenvalue weighted by Crippen LogP contribution is 2.25. The lowest BCUT2D eigenvalue weighted by atomic mass is 10.1. The molecule has 0 aliphatic carbocycles. The normalized spacial score (nSPS) is 15.4. The molecule has 3 N–H and O–H groups in total. The first kappa shape index (κ1) is 20.7. The number of nitrogens with two attached hydrogens (primary N) is 1. The van der Waals surface area contributed by atoms with Crippen molar-refractivity contribution in [2.75, 3.05) is 19.6 Å². The zero-order valence-corrected chi connectivity index (χ0v) is 16.5. The van der Waals surface area contributed by atoms with Crippen LogP contribution in [0.25, 0.3) is 11.0 Å². The molecule has 2 amide bonds. The fourth-order valence-corrected chi connectivity index (χ4v) is 3.18. The predicted octanol–water partition coefficient (Wildman–Crippen LogP) is 2.34. The van der Waals surface area contributed by atoms with Crippen LogP contribution >= 0.6 is 23.2 Å². The van der Waals surface area contributed by atoms with Crippen LogP contribution in [0.4, 0.5) is 4.39 Å². The molecule has 0 radical (unpaired) electrons. The summed E-state index contributed by atoms with van der Waals surface area (Å²) in [5, 5.41) is 3.47. The van der Waals surface area contributed by atoms with E-state index in [1.54, 1.807) is 12.1 Å². The Kier molecular flexibility index (Phi) is 6.64. The van der Waals surface area contributed by atoms with Crippen molar-refractivity contribution in [1.29, 1.82) is 0 Å². The van der Waals surface area contributed by atoms with E-state index in [2.05, 4.69) is 15.3 Å². The summed E-state index contributed by atoms with van der Waals surface area (Å²) in [4.78, 5) is 34.0. The molecule has 2 heterocycles. The Morgan fingerprint density at radius 3 is 2.61 bits per heavy atom. The van der Waals surface area contributed by atoms with Crippen LogP contribution in [0, 0.1) is 0 Å². The topological polar surface area (TPSA) is 101 Å². The summed E-state index contributed by atoms with van der Waals surface area (Å²) >= 11 is 11.9. The van der Waals surface area contributed by atoms with Gasteiger partial charge in [0.05, 0.1) is 46.4 Å². The van der Waals surface area contributed by atoms with E-state index in [0.29, 0.717) is 46.9 Å². The second-order valence-electron chi connectivity index (χ2n) is 6.71. The molecule has 0 unspecified atom stereocenters. The summed E-state index contributed by atoms with van der Waals surface area (Å²) in [5.74, 6) is -0.571. The van der Waals surface area contributed by atoms with Crippen molar-refractivity contribution in [2.24, 2.45) is 5.73 Å². The Morgan fingerprint density at radius 2 is 1.93 bits per heavy atom.